The number of para-hydroxylation sites is 1. The number of ether oxygens (including phenoxy) is 2. The SMILES string of the molecule is c1ccc([C@H]2CN(Cc3ccccc3OCc3cccnc3)[C@@H]3CCOC[C@H]23)cc1. The van der Waals surface area contributed by atoms with Gasteiger partial charge in [0.1, 0.15) is 12.4 Å². The Morgan fingerprint density at radius 2 is 1.87 bits per heavy atom. The summed E-state index contributed by atoms with van der Waals surface area (Å²) >= 11 is 0. The van der Waals surface area contributed by atoms with Crippen molar-refractivity contribution in [3.05, 3.63) is 95.8 Å². The first-order chi connectivity index (χ1) is 14.9. The minimum atomic E-state index is 0.528. The Labute approximate surface area is 178 Å². The van der Waals surface area contributed by atoms with E-state index in [1.165, 1.54) is 11.1 Å². The van der Waals surface area contributed by atoms with Gasteiger partial charge in [-0.2, -0.15) is 0 Å². The van der Waals surface area contributed by atoms with Crippen LogP contribution in [0.2, 0.25) is 0 Å². The van der Waals surface area contributed by atoms with Crippen LogP contribution in [0.1, 0.15) is 29.0 Å². The predicted molar refractivity (Wildman–Crippen MR) is 117 cm³/mol. The first-order valence-corrected chi connectivity index (χ1v) is 10.8. The zero-order valence-corrected chi connectivity index (χ0v) is 17.2. The molecule has 4 heteroatoms. The molecule has 154 valence electrons. The molecule has 0 saturated carbocycles. The Balaban J connectivity index is 1.34. The van der Waals surface area contributed by atoms with Gasteiger partial charge in [-0.05, 0) is 24.1 Å². The standard InChI is InChI=1S/C26H28N2O2/c1-2-8-21(9-3-1)23-17-28(25-12-14-29-19-24(23)25)16-22-10-4-5-11-26(22)30-18-20-7-6-13-27-15-20/h1-11,13,15,23-25H,12,14,16-19H2/t23-,24-,25-/m1/s1. The Bertz CT molecular complexity index is 948. The van der Waals surface area contributed by atoms with Gasteiger partial charge in [-0.3, -0.25) is 9.88 Å². The quantitative estimate of drug-likeness (QED) is 0.603. The van der Waals surface area contributed by atoms with E-state index < -0.39 is 0 Å². The number of benzene rings is 2. The van der Waals surface area contributed by atoms with Gasteiger partial charge in [-0.1, -0.05) is 54.6 Å². The fraction of sp³-hybridized carbons (Fsp3) is 0.346. The fourth-order valence-corrected chi connectivity index (χ4v) is 4.98. The molecule has 2 aliphatic heterocycles. The van der Waals surface area contributed by atoms with Gasteiger partial charge in [-0.15, -0.1) is 0 Å². The molecule has 1 aromatic heterocycles. The van der Waals surface area contributed by atoms with E-state index in [2.05, 4.69) is 64.5 Å². The topological polar surface area (TPSA) is 34.6 Å². The first kappa shape index (κ1) is 19.3. The van der Waals surface area contributed by atoms with Crippen molar-refractivity contribution in [2.24, 2.45) is 5.92 Å². The summed E-state index contributed by atoms with van der Waals surface area (Å²) in [5.74, 6) is 2.05. The third kappa shape index (κ3) is 4.11. The molecular weight excluding hydrogens is 372 g/mol. The maximum absolute atomic E-state index is 6.19. The second kappa shape index (κ2) is 8.99. The van der Waals surface area contributed by atoms with Crippen LogP contribution in [0, 0.1) is 5.92 Å². The van der Waals surface area contributed by atoms with Crippen molar-refractivity contribution in [3.8, 4) is 5.75 Å². The number of hydrogen-bond donors (Lipinski definition) is 0. The minimum absolute atomic E-state index is 0.528. The molecule has 0 bridgehead atoms. The third-order valence-corrected chi connectivity index (χ3v) is 6.47. The summed E-state index contributed by atoms with van der Waals surface area (Å²) in [5.41, 5.74) is 3.77. The number of aromatic nitrogens is 1. The minimum Gasteiger partial charge on any atom is -0.489 e. The number of fused-ring (bicyclic) bond motifs is 1. The van der Waals surface area contributed by atoms with Crippen LogP contribution in [0.25, 0.3) is 0 Å². The van der Waals surface area contributed by atoms with Crippen LogP contribution in [0.5, 0.6) is 5.75 Å². The Hall–Kier alpha value is -2.69. The zero-order chi connectivity index (χ0) is 20.2. The van der Waals surface area contributed by atoms with Gasteiger partial charge in [0.05, 0.1) is 6.61 Å². The van der Waals surface area contributed by atoms with E-state index in [0.29, 0.717) is 24.5 Å². The monoisotopic (exact) mass is 400 g/mol. The van der Waals surface area contributed by atoms with E-state index in [9.17, 15) is 0 Å². The molecular formula is C26H28N2O2. The summed E-state index contributed by atoms with van der Waals surface area (Å²) in [4.78, 5) is 6.83. The van der Waals surface area contributed by atoms with Crippen molar-refractivity contribution >= 4 is 0 Å². The van der Waals surface area contributed by atoms with E-state index in [4.69, 9.17) is 9.47 Å². The summed E-state index contributed by atoms with van der Waals surface area (Å²) in [6.07, 6.45) is 4.76. The van der Waals surface area contributed by atoms with Gasteiger partial charge in [0, 0.05) is 61.1 Å². The second-order valence-electron chi connectivity index (χ2n) is 8.30. The smallest absolute Gasteiger partial charge is 0.124 e. The van der Waals surface area contributed by atoms with E-state index >= 15 is 0 Å². The summed E-state index contributed by atoms with van der Waals surface area (Å²) in [7, 11) is 0. The molecule has 3 heterocycles. The van der Waals surface area contributed by atoms with Gasteiger partial charge in [0.25, 0.3) is 0 Å². The number of nitrogens with zero attached hydrogens (tertiary/aromatic N) is 2. The average molecular weight is 401 g/mol. The highest BCUT2D eigenvalue weighted by Gasteiger charge is 2.43. The van der Waals surface area contributed by atoms with Crippen LogP contribution >= 0.6 is 0 Å². The molecule has 30 heavy (non-hydrogen) atoms. The normalized spacial score (nSPS) is 23.8. The van der Waals surface area contributed by atoms with Crippen molar-refractivity contribution in [3.63, 3.8) is 0 Å². The molecule has 0 radical (unpaired) electrons. The third-order valence-electron chi connectivity index (χ3n) is 6.47. The summed E-state index contributed by atoms with van der Waals surface area (Å²) < 4.78 is 12.1. The molecule has 2 fully saturated rings. The molecule has 4 nitrogen and oxygen atoms in total. The molecule has 0 N–H and O–H groups in total. The molecule has 2 aliphatic rings. The zero-order valence-electron chi connectivity index (χ0n) is 17.2. The van der Waals surface area contributed by atoms with Crippen molar-refractivity contribution in [1.82, 2.24) is 9.88 Å². The van der Waals surface area contributed by atoms with Crippen LogP contribution in [0.3, 0.4) is 0 Å². The summed E-state index contributed by atoms with van der Waals surface area (Å²) in [6, 6.07) is 23.9. The molecule has 3 aromatic rings. The van der Waals surface area contributed by atoms with Crippen LogP contribution < -0.4 is 4.74 Å². The van der Waals surface area contributed by atoms with E-state index in [1.54, 1.807) is 6.20 Å². The molecule has 3 atom stereocenters. The Morgan fingerprint density at radius 3 is 2.73 bits per heavy atom. The van der Waals surface area contributed by atoms with Crippen molar-refractivity contribution in [1.29, 1.82) is 0 Å². The van der Waals surface area contributed by atoms with E-state index in [1.807, 2.05) is 18.3 Å². The van der Waals surface area contributed by atoms with E-state index in [-0.39, 0.29) is 0 Å². The lowest BCUT2D eigenvalue weighted by Crippen LogP contribution is -2.38. The lowest BCUT2D eigenvalue weighted by molar-refractivity contribution is 0.0176. The molecule has 0 unspecified atom stereocenters. The van der Waals surface area contributed by atoms with Crippen LogP contribution in [0.15, 0.2) is 79.1 Å². The molecule has 0 aliphatic carbocycles. The molecule has 0 spiro atoms. The largest absolute Gasteiger partial charge is 0.489 e. The Kier molecular flexibility index (Phi) is 5.78. The molecule has 0 amide bonds. The van der Waals surface area contributed by atoms with Crippen LogP contribution in [-0.2, 0) is 17.9 Å². The van der Waals surface area contributed by atoms with Gasteiger partial charge < -0.3 is 9.47 Å². The molecule has 5 rings (SSSR count). The van der Waals surface area contributed by atoms with Crippen LogP contribution in [-0.4, -0.2) is 35.7 Å². The lowest BCUT2D eigenvalue weighted by atomic mass is 9.84. The van der Waals surface area contributed by atoms with Crippen molar-refractivity contribution < 1.29 is 9.47 Å². The average Bonchev–Trinajstić information content (AvgIpc) is 3.18. The molecule has 2 saturated heterocycles. The number of likely N-dealkylation sites (tertiary alicyclic amines) is 1. The summed E-state index contributed by atoms with van der Waals surface area (Å²) in [5, 5.41) is 0. The van der Waals surface area contributed by atoms with Gasteiger partial charge >= 0.3 is 0 Å². The first-order valence-electron chi connectivity index (χ1n) is 10.8. The number of rotatable bonds is 6. The predicted octanol–water partition coefficient (Wildman–Crippen LogP) is 4.67. The number of hydrogen-bond acceptors (Lipinski definition) is 4. The van der Waals surface area contributed by atoms with Crippen molar-refractivity contribution in [2.75, 3.05) is 19.8 Å². The lowest BCUT2D eigenvalue weighted by Gasteiger charge is -2.32. The Morgan fingerprint density at radius 1 is 1.00 bits per heavy atom. The van der Waals surface area contributed by atoms with Gasteiger partial charge in [0.15, 0.2) is 0 Å². The van der Waals surface area contributed by atoms with E-state index in [0.717, 1.165) is 44.0 Å². The van der Waals surface area contributed by atoms with Crippen LogP contribution in [0.4, 0.5) is 0 Å². The maximum atomic E-state index is 6.19. The number of pyridine rings is 1. The summed E-state index contributed by atoms with van der Waals surface area (Å²) in [6.45, 7) is 4.24. The fourth-order valence-electron chi connectivity index (χ4n) is 4.98. The van der Waals surface area contributed by atoms with Gasteiger partial charge in [-0.25, -0.2) is 0 Å². The highest BCUT2D eigenvalue weighted by Crippen LogP contribution is 2.42. The maximum Gasteiger partial charge on any atom is 0.124 e. The highest BCUT2D eigenvalue weighted by atomic mass is 16.5. The van der Waals surface area contributed by atoms with Gasteiger partial charge in [0.2, 0.25) is 0 Å². The highest BCUT2D eigenvalue weighted by molar-refractivity contribution is 5.34. The van der Waals surface area contributed by atoms with Crippen molar-refractivity contribution in [2.45, 2.75) is 31.5 Å². The second-order valence-corrected chi connectivity index (χ2v) is 8.30. The molecule has 2 aromatic carbocycles.